The van der Waals surface area contributed by atoms with Crippen LogP contribution in [0, 0.1) is 5.92 Å². The van der Waals surface area contributed by atoms with Crippen molar-refractivity contribution >= 4 is 9.84 Å². The molecule has 0 spiro atoms. The Hall–Kier alpha value is -1.11. The van der Waals surface area contributed by atoms with Crippen LogP contribution < -0.4 is 4.74 Å². The molecule has 140 valence electrons. The summed E-state index contributed by atoms with van der Waals surface area (Å²) in [5.41, 5.74) is 1.15. The van der Waals surface area contributed by atoms with Crippen LogP contribution in [0.25, 0.3) is 0 Å². The smallest absolute Gasteiger partial charge is 0.152 e. The van der Waals surface area contributed by atoms with E-state index in [2.05, 4.69) is 22.8 Å². The Morgan fingerprint density at radius 1 is 1.12 bits per heavy atom. The number of piperidine rings is 1. The lowest BCUT2D eigenvalue weighted by atomic mass is 10.0. The van der Waals surface area contributed by atoms with Crippen molar-refractivity contribution < 1.29 is 13.2 Å². The molecule has 0 aliphatic carbocycles. The summed E-state index contributed by atoms with van der Waals surface area (Å²) < 4.78 is 29.2. The Labute approximate surface area is 151 Å². The van der Waals surface area contributed by atoms with Gasteiger partial charge in [0.15, 0.2) is 9.84 Å². The molecule has 0 unspecified atom stereocenters. The molecule has 1 aromatic rings. The quantitative estimate of drug-likeness (QED) is 0.771. The molecule has 2 heterocycles. The highest BCUT2D eigenvalue weighted by molar-refractivity contribution is 7.91. The van der Waals surface area contributed by atoms with Gasteiger partial charge in [-0.1, -0.05) is 25.1 Å². The zero-order valence-corrected chi connectivity index (χ0v) is 16.0. The van der Waals surface area contributed by atoms with Gasteiger partial charge in [0.1, 0.15) is 12.4 Å². The molecule has 2 aliphatic heterocycles. The molecule has 1 aromatic carbocycles. The second-order valence-electron chi connectivity index (χ2n) is 7.43. The topological polar surface area (TPSA) is 49.9 Å². The third-order valence-corrected chi connectivity index (χ3v) is 6.82. The molecule has 2 fully saturated rings. The van der Waals surface area contributed by atoms with Crippen LogP contribution in [-0.4, -0.2) is 69.1 Å². The van der Waals surface area contributed by atoms with E-state index in [4.69, 9.17) is 4.74 Å². The van der Waals surface area contributed by atoms with E-state index in [0.717, 1.165) is 30.3 Å². The Morgan fingerprint density at radius 3 is 2.64 bits per heavy atom. The Morgan fingerprint density at radius 2 is 1.88 bits per heavy atom. The lowest BCUT2D eigenvalue weighted by Gasteiger charge is -2.31. The van der Waals surface area contributed by atoms with Gasteiger partial charge in [0.25, 0.3) is 0 Å². The normalized spacial score (nSPS) is 24.9. The van der Waals surface area contributed by atoms with Crippen molar-refractivity contribution in [1.29, 1.82) is 0 Å². The molecular formula is C19H30N2O3S. The maximum atomic E-state index is 11.6. The van der Waals surface area contributed by atoms with Gasteiger partial charge in [0, 0.05) is 38.3 Å². The number of rotatable bonds is 6. The molecule has 0 amide bonds. The van der Waals surface area contributed by atoms with Crippen LogP contribution >= 0.6 is 0 Å². The summed E-state index contributed by atoms with van der Waals surface area (Å²) in [6.07, 6.45) is 2.63. The molecular weight excluding hydrogens is 336 g/mol. The fourth-order valence-electron chi connectivity index (χ4n) is 3.70. The molecule has 0 N–H and O–H groups in total. The van der Waals surface area contributed by atoms with Crippen molar-refractivity contribution in [2.45, 2.75) is 26.3 Å². The number of likely N-dealkylation sites (tertiary alicyclic amines) is 1. The van der Waals surface area contributed by atoms with E-state index in [9.17, 15) is 8.42 Å². The first-order valence-electron chi connectivity index (χ1n) is 9.38. The van der Waals surface area contributed by atoms with Gasteiger partial charge in [-0.05, 0) is 31.4 Å². The van der Waals surface area contributed by atoms with E-state index >= 15 is 0 Å². The van der Waals surface area contributed by atoms with E-state index in [1.165, 1.54) is 25.9 Å². The number of hydrogen-bond donors (Lipinski definition) is 0. The molecule has 6 heteroatoms. The van der Waals surface area contributed by atoms with Crippen LogP contribution in [0.4, 0.5) is 0 Å². The average Bonchev–Trinajstić information content (AvgIpc) is 2.58. The summed E-state index contributed by atoms with van der Waals surface area (Å²) in [6.45, 7) is 8.34. The van der Waals surface area contributed by atoms with E-state index in [1.54, 1.807) is 0 Å². The van der Waals surface area contributed by atoms with Crippen molar-refractivity contribution in [3.05, 3.63) is 29.8 Å². The maximum Gasteiger partial charge on any atom is 0.152 e. The van der Waals surface area contributed by atoms with Gasteiger partial charge in [-0.2, -0.15) is 0 Å². The van der Waals surface area contributed by atoms with Crippen molar-refractivity contribution in [3.8, 4) is 5.75 Å². The zero-order chi connectivity index (χ0) is 17.7. The first-order chi connectivity index (χ1) is 12.0. The van der Waals surface area contributed by atoms with Crippen LogP contribution in [0.5, 0.6) is 5.75 Å². The predicted molar refractivity (Wildman–Crippen MR) is 101 cm³/mol. The zero-order valence-electron chi connectivity index (χ0n) is 15.2. The van der Waals surface area contributed by atoms with Crippen LogP contribution in [0.1, 0.15) is 25.3 Å². The van der Waals surface area contributed by atoms with Gasteiger partial charge in [-0.25, -0.2) is 8.42 Å². The molecule has 2 saturated heterocycles. The number of para-hydroxylation sites is 1. The minimum absolute atomic E-state index is 0.267. The first-order valence-corrected chi connectivity index (χ1v) is 11.2. The molecule has 0 saturated carbocycles. The van der Waals surface area contributed by atoms with Crippen LogP contribution in [-0.2, 0) is 16.4 Å². The second-order valence-corrected chi connectivity index (χ2v) is 9.74. The predicted octanol–water partition coefficient (Wildman–Crippen LogP) is 2.03. The molecule has 3 rings (SSSR count). The number of nitrogens with zero attached hydrogens (tertiary/aromatic N) is 2. The van der Waals surface area contributed by atoms with Gasteiger partial charge in [-0.3, -0.25) is 9.80 Å². The summed E-state index contributed by atoms with van der Waals surface area (Å²) in [6, 6.07) is 8.13. The average molecular weight is 367 g/mol. The fraction of sp³-hybridized carbons (Fsp3) is 0.684. The lowest BCUT2D eigenvalue weighted by Crippen LogP contribution is -2.39. The van der Waals surface area contributed by atoms with E-state index < -0.39 is 9.84 Å². The van der Waals surface area contributed by atoms with Gasteiger partial charge in [-0.15, -0.1) is 0 Å². The second kappa shape index (κ2) is 8.52. The van der Waals surface area contributed by atoms with Gasteiger partial charge in [0.2, 0.25) is 0 Å². The van der Waals surface area contributed by atoms with Crippen molar-refractivity contribution in [1.82, 2.24) is 9.80 Å². The van der Waals surface area contributed by atoms with Crippen molar-refractivity contribution in [3.63, 3.8) is 0 Å². The SMILES string of the molecule is C[C@H]1CCCN(CCOc2ccccc2CN2CCS(=O)(=O)CC2)C1. The minimum atomic E-state index is -2.83. The van der Waals surface area contributed by atoms with Crippen LogP contribution in [0.2, 0.25) is 0 Å². The summed E-state index contributed by atoms with van der Waals surface area (Å²) in [5.74, 6) is 2.25. The molecule has 5 nitrogen and oxygen atoms in total. The maximum absolute atomic E-state index is 11.6. The van der Waals surface area contributed by atoms with E-state index in [0.29, 0.717) is 19.7 Å². The van der Waals surface area contributed by atoms with Crippen LogP contribution in [0.3, 0.4) is 0 Å². The Kier molecular flexibility index (Phi) is 6.36. The highest BCUT2D eigenvalue weighted by Gasteiger charge is 2.22. The molecule has 25 heavy (non-hydrogen) atoms. The molecule has 0 aromatic heterocycles. The third kappa shape index (κ3) is 5.69. The number of sulfone groups is 1. The molecule has 1 atom stereocenters. The van der Waals surface area contributed by atoms with Crippen LogP contribution in [0.15, 0.2) is 24.3 Å². The van der Waals surface area contributed by atoms with E-state index in [1.807, 2.05) is 18.2 Å². The Bertz CT molecular complexity index is 648. The summed E-state index contributed by atoms with van der Waals surface area (Å²) >= 11 is 0. The number of benzene rings is 1. The summed E-state index contributed by atoms with van der Waals surface area (Å²) in [4.78, 5) is 4.70. The van der Waals surface area contributed by atoms with Gasteiger partial charge >= 0.3 is 0 Å². The van der Waals surface area contributed by atoms with E-state index in [-0.39, 0.29) is 11.5 Å². The molecule has 2 aliphatic rings. The van der Waals surface area contributed by atoms with Crippen molar-refractivity contribution in [2.24, 2.45) is 5.92 Å². The monoisotopic (exact) mass is 366 g/mol. The van der Waals surface area contributed by atoms with Gasteiger partial charge in [0.05, 0.1) is 11.5 Å². The number of hydrogen-bond acceptors (Lipinski definition) is 5. The highest BCUT2D eigenvalue weighted by Crippen LogP contribution is 2.21. The first kappa shape index (κ1) is 18.7. The summed E-state index contributed by atoms with van der Waals surface area (Å²) in [7, 11) is -2.83. The fourth-order valence-corrected chi connectivity index (χ4v) is 4.98. The largest absolute Gasteiger partial charge is 0.492 e. The Balaban J connectivity index is 1.50. The molecule has 0 bridgehead atoms. The standard InChI is InChI=1S/C19H30N2O3S/c1-17-5-4-8-20(15-17)9-12-24-19-7-3-2-6-18(19)16-21-10-13-25(22,23)14-11-21/h2-3,6-7,17H,4-5,8-16H2,1H3/t17-/m0/s1. The highest BCUT2D eigenvalue weighted by atomic mass is 32.2. The van der Waals surface area contributed by atoms with Gasteiger partial charge < -0.3 is 4.74 Å². The van der Waals surface area contributed by atoms with Crippen molar-refractivity contribution in [2.75, 3.05) is 50.8 Å². The molecule has 0 radical (unpaired) electrons. The minimum Gasteiger partial charge on any atom is -0.492 e. The number of ether oxygens (including phenoxy) is 1. The summed E-state index contributed by atoms with van der Waals surface area (Å²) in [5, 5.41) is 0. The lowest BCUT2D eigenvalue weighted by molar-refractivity contribution is 0.152. The third-order valence-electron chi connectivity index (χ3n) is 5.21.